The van der Waals surface area contributed by atoms with Gasteiger partial charge in [-0.15, -0.1) is 35.7 Å². The topological polar surface area (TPSA) is 44.9 Å². The summed E-state index contributed by atoms with van der Waals surface area (Å²) < 4.78 is 83.0. The molecule has 0 fully saturated rings. The molecule has 50 heavy (non-hydrogen) atoms. The van der Waals surface area contributed by atoms with E-state index >= 15 is 8.78 Å². The molecule has 11 heteroatoms. The van der Waals surface area contributed by atoms with Gasteiger partial charge in [0.1, 0.15) is 5.82 Å². The zero-order valence-electron chi connectivity index (χ0n) is 27.5. The number of fused-ring (bicyclic) bond motifs is 3. The molecule has 0 spiro atoms. The fourth-order valence-electron chi connectivity index (χ4n) is 6.20. The van der Waals surface area contributed by atoms with Crippen LogP contribution in [0.5, 0.6) is 11.5 Å². The van der Waals surface area contributed by atoms with E-state index in [1.165, 1.54) is 4.68 Å². The Morgan fingerprint density at radius 1 is 0.700 bits per heavy atom. The summed E-state index contributed by atoms with van der Waals surface area (Å²) >= 11 is 0. The summed E-state index contributed by atoms with van der Waals surface area (Å²) in [5, 5.41) is 6.64. The number of para-hydroxylation sites is 1. The maximum Gasteiger partial charge on any atom is 2.00 e. The number of rotatable bonds is 7. The first kappa shape index (κ1) is 35.0. The second-order valence-corrected chi connectivity index (χ2v) is 12.4. The smallest absolute Gasteiger partial charge is 0.509 e. The first-order valence-electron chi connectivity index (χ1n) is 15.7. The predicted octanol–water partition coefficient (Wildman–Crippen LogP) is 10.7. The molecule has 3 heterocycles. The van der Waals surface area contributed by atoms with Gasteiger partial charge in [-0.1, -0.05) is 51.4 Å². The number of hydrogen-bond acceptors (Lipinski definition) is 3. The number of nitrogens with zero attached hydrogens (tertiary/aromatic N) is 4. The first-order chi connectivity index (χ1) is 23.5. The quantitative estimate of drug-likeness (QED) is 0.0694. The van der Waals surface area contributed by atoms with Crippen molar-refractivity contribution in [3.8, 4) is 34.1 Å². The summed E-state index contributed by atoms with van der Waals surface area (Å²) in [5.41, 5.74) is 2.39. The van der Waals surface area contributed by atoms with Crippen LogP contribution in [-0.4, -0.2) is 19.3 Å². The molecule has 0 aliphatic heterocycles. The van der Waals surface area contributed by atoms with Crippen molar-refractivity contribution < 1.29 is 47.8 Å². The molecule has 0 saturated carbocycles. The van der Waals surface area contributed by atoms with E-state index in [4.69, 9.17) is 4.74 Å². The monoisotopic (exact) mass is 859 g/mol. The molecule has 7 rings (SSSR count). The average molecular weight is 860 g/mol. The van der Waals surface area contributed by atoms with E-state index in [-0.39, 0.29) is 38.0 Å². The third-order valence-corrected chi connectivity index (χ3v) is 8.39. The van der Waals surface area contributed by atoms with Gasteiger partial charge in [0.25, 0.3) is 0 Å². The molecular weight excluding hydrogens is 831 g/mol. The molecule has 0 aliphatic carbocycles. The molecule has 256 valence electrons. The maximum atomic E-state index is 15.2. The third-order valence-electron chi connectivity index (χ3n) is 8.39. The molecule has 3 aromatic heterocycles. The molecule has 0 amide bonds. The Hall–Kier alpha value is -4.82. The second kappa shape index (κ2) is 13.5. The zero-order valence-corrected chi connectivity index (χ0v) is 29.8. The zero-order chi connectivity index (χ0) is 34.7. The number of benzene rings is 4. The molecular formula is C39H29F5N4OPt. The van der Waals surface area contributed by atoms with Crippen LogP contribution in [0.15, 0.2) is 72.9 Å². The predicted molar refractivity (Wildman–Crippen MR) is 178 cm³/mol. The van der Waals surface area contributed by atoms with E-state index in [0.29, 0.717) is 17.2 Å². The van der Waals surface area contributed by atoms with Crippen molar-refractivity contribution in [2.75, 3.05) is 0 Å². The molecule has 5 nitrogen and oxygen atoms in total. The van der Waals surface area contributed by atoms with Crippen LogP contribution in [0, 0.1) is 48.1 Å². The minimum atomic E-state index is -2.22. The van der Waals surface area contributed by atoms with Gasteiger partial charge < -0.3 is 9.30 Å². The van der Waals surface area contributed by atoms with Crippen LogP contribution in [0.4, 0.5) is 22.0 Å². The molecule has 0 unspecified atom stereocenters. The van der Waals surface area contributed by atoms with E-state index in [1.807, 2.05) is 54.0 Å². The number of hydrogen-bond donors (Lipinski definition) is 0. The van der Waals surface area contributed by atoms with Crippen molar-refractivity contribution in [2.24, 2.45) is 0 Å². The Bertz CT molecular complexity index is 2390. The van der Waals surface area contributed by atoms with E-state index in [9.17, 15) is 13.2 Å². The summed E-state index contributed by atoms with van der Waals surface area (Å²) in [4.78, 5) is 4.61. The van der Waals surface area contributed by atoms with Crippen LogP contribution in [0.1, 0.15) is 56.5 Å². The van der Waals surface area contributed by atoms with Gasteiger partial charge in [0, 0.05) is 28.8 Å². The standard InChI is InChI=1S/C39H29F5N4O.Pt/c1-20(2)38-32(31-33(40)35(42)37(44)36(43)34(31)41)39(21(3)4)48(46-38)23-9-8-10-24(18-23)49-25-13-14-27-26-11-6-7-12-28(26)47(29(27)19-25)30-17-22(5)15-16-45-30;/h6-17,20-21H,1-5H3;/q-2;+2. The van der Waals surface area contributed by atoms with Crippen molar-refractivity contribution in [1.82, 2.24) is 19.3 Å². The van der Waals surface area contributed by atoms with E-state index in [0.717, 1.165) is 33.2 Å². The van der Waals surface area contributed by atoms with Crippen LogP contribution in [0.25, 0.3) is 44.4 Å². The SMILES string of the molecule is Cc1ccnc(-n2c3[c-]c(Oc4[c-]c(-n5nc(C(C)C)c(-c6c(F)c(F)c(F)c(F)c6F)c5C(C)C)ccc4)ccc3c3ccccc32)c1.[Pt+2]. The van der Waals surface area contributed by atoms with Crippen LogP contribution in [0.3, 0.4) is 0 Å². The fourth-order valence-corrected chi connectivity index (χ4v) is 6.20. The van der Waals surface area contributed by atoms with Crippen LogP contribution >= 0.6 is 0 Å². The van der Waals surface area contributed by atoms with Gasteiger partial charge in [0.05, 0.1) is 17.0 Å². The van der Waals surface area contributed by atoms with Gasteiger partial charge in [0.15, 0.2) is 23.3 Å². The summed E-state index contributed by atoms with van der Waals surface area (Å²) in [6, 6.07) is 27.3. The summed E-state index contributed by atoms with van der Waals surface area (Å²) in [6.07, 6.45) is 1.76. The molecule has 7 aromatic rings. The fraction of sp³-hybridized carbons (Fsp3) is 0.179. The molecule has 0 N–H and O–H groups in total. The normalized spacial score (nSPS) is 11.6. The third kappa shape index (κ3) is 5.79. The van der Waals surface area contributed by atoms with Crippen LogP contribution in [-0.2, 0) is 21.1 Å². The molecule has 4 aromatic carbocycles. The summed E-state index contributed by atoms with van der Waals surface area (Å²) in [6.45, 7) is 8.96. The van der Waals surface area contributed by atoms with E-state index < -0.39 is 46.5 Å². The number of aryl methyl sites for hydroxylation is 1. The van der Waals surface area contributed by atoms with Gasteiger partial charge in [-0.2, -0.15) is 17.2 Å². The molecule has 0 atom stereocenters. The van der Waals surface area contributed by atoms with Crippen molar-refractivity contribution in [2.45, 2.75) is 46.5 Å². The van der Waals surface area contributed by atoms with E-state index in [1.54, 1.807) is 58.2 Å². The minimum Gasteiger partial charge on any atom is -0.509 e. The number of aromatic nitrogens is 4. The Labute approximate surface area is 299 Å². The number of halogens is 5. The van der Waals surface area contributed by atoms with Crippen molar-refractivity contribution in [1.29, 1.82) is 0 Å². The van der Waals surface area contributed by atoms with Gasteiger partial charge in [-0.25, -0.2) is 26.9 Å². The Morgan fingerprint density at radius 2 is 1.38 bits per heavy atom. The van der Waals surface area contributed by atoms with Gasteiger partial charge >= 0.3 is 21.1 Å². The Morgan fingerprint density at radius 3 is 2.06 bits per heavy atom. The van der Waals surface area contributed by atoms with Gasteiger partial charge in [-0.3, -0.25) is 4.68 Å². The van der Waals surface area contributed by atoms with Crippen LogP contribution in [0.2, 0.25) is 0 Å². The van der Waals surface area contributed by atoms with Gasteiger partial charge in [-0.05, 0) is 53.6 Å². The molecule has 0 radical (unpaired) electrons. The first-order valence-corrected chi connectivity index (χ1v) is 15.7. The van der Waals surface area contributed by atoms with E-state index in [2.05, 4.69) is 22.2 Å². The molecule has 0 saturated heterocycles. The van der Waals surface area contributed by atoms with Crippen molar-refractivity contribution in [3.05, 3.63) is 131 Å². The largest absolute Gasteiger partial charge is 2.00 e. The Kier molecular flexibility index (Phi) is 9.44. The molecule has 0 bridgehead atoms. The second-order valence-electron chi connectivity index (χ2n) is 12.4. The average Bonchev–Trinajstić information content (AvgIpc) is 3.64. The maximum absolute atomic E-state index is 15.2. The molecule has 0 aliphatic rings. The summed E-state index contributed by atoms with van der Waals surface area (Å²) in [5.74, 6) is -9.53. The van der Waals surface area contributed by atoms with Crippen molar-refractivity contribution >= 4 is 21.8 Å². The van der Waals surface area contributed by atoms with Gasteiger partial charge in [0.2, 0.25) is 5.82 Å². The summed E-state index contributed by atoms with van der Waals surface area (Å²) in [7, 11) is 0. The van der Waals surface area contributed by atoms with Crippen molar-refractivity contribution in [3.63, 3.8) is 0 Å². The minimum absolute atomic E-state index is 0. The number of ether oxygens (including phenoxy) is 1. The number of pyridine rings is 1. The Balaban J connectivity index is 0.00000432. The van der Waals surface area contributed by atoms with Crippen LogP contribution < -0.4 is 4.74 Å².